The number of carbonyl (C=O) groups excluding carboxylic acids is 2. The van der Waals surface area contributed by atoms with Crippen LogP contribution in [-0.4, -0.2) is 39.9 Å². The molecule has 0 heterocycles. The molecule has 0 unspecified atom stereocenters. The smallest absolute Gasteiger partial charge is 0.252 e. The molecule has 0 atom stereocenters. The lowest BCUT2D eigenvalue weighted by atomic mass is 10.2. The summed E-state index contributed by atoms with van der Waals surface area (Å²) in [5.41, 5.74) is 1.56. The summed E-state index contributed by atoms with van der Waals surface area (Å²) in [5.74, 6) is -0.511. The van der Waals surface area contributed by atoms with E-state index in [0.717, 1.165) is 18.4 Å². The summed E-state index contributed by atoms with van der Waals surface area (Å²) < 4.78 is 33.0. The molecule has 1 aliphatic rings. The molecule has 1 saturated carbocycles. The largest absolute Gasteiger partial charge is 0.495 e. The molecule has 0 saturated heterocycles. The van der Waals surface area contributed by atoms with Crippen LogP contribution in [0.25, 0.3) is 0 Å². The van der Waals surface area contributed by atoms with Gasteiger partial charge in [0.15, 0.2) is 0 Å². The van der Waals surface area contributed by atoms with E-state index in [1.54, 1.807) is 12.1 Å². The minimum atomic E-state index is -3.70. The number of hydrogen-bond donors (Lipinski definition) is 3. The first kappa shape index (κ1) is 22.3. The topological polar surface area (TPSA) is 114 Å². The van der Waals surface area contributed by atoms with Crippen molar-refractivity contribution in [2.24, 2.45) is 0 Å². The van der Waals surface area contributed by atoms with Crippen LogP contribution in [0.2, 0.25) is 0 Å². The molecule has 0 aliphatic heterocycles. The number of sulfonamides is 1. The summed E-state index contributed by atoms with van der Waals surface area (Å²) in [6.45, 7) is 1.59. The van der Waals surface area contributed by atoms with Gasteiger partial charge in [0.2, 0.25) is 15.9 Å². The molecule has 3 rings (SSSR count). The number of halogens is 1. The molecule has 0 bridgehead atoms. The summed E-state index contributed by atoms with van der Waals surface area (Å²) in [4.78, 5) is 24.8. The molecule has 0 aromatic heterocycles. The van der Waals surface area contributed by atoms with E-state index in [4.69, 9.17) is 4.74 Å². The van der Waals surface area contributed by atoms with Crippen molar-refractivity contribution >= 4 is 43.5 Å². The van der Waals surface area contributed by atoms with E-state index in [1.165, 1.54) is 25.3 Å². The van der Waals surface area contributed by atoms with Crippen LogP contribution in [0.4, 0.5) is 5.69 Å². The molecule has 1 fully saturated rings. The average molecular weight is 496 g/mol. The van der Waals surface area contributed by atoms with Gasteiger partial charge < -0.3 is 15.4 Å². The van der Waals surface area contributed by atoms with E-state index in [0.29, 0.717) is 15.9 Å². The highest BCUT2D eigenvalue weighted by atomic mass is 79.9. The van der Waals surface area contributed by atoms with Gasteiger partial charge in [-0.1, -0.05) is 6.07 Å². The number of nitrogens with one attached hydrogen (secondary N) is 3. The predicted octanol–water partition coefficient (Wildman–Crippen LogP) is 2.58. The van der Waals surface area contributed by atoms with E-state index in [2.05, 4.69) is 31.3 Å². The van der Waals surface area contributed by atoms with Gasteiger partial charge in [-0.15, -0.1) is 0 Å². The van der Waals surface area contributed by atoms with Crippen molar-refractivity contribution in [1.29, 1.82) is 0 Å². The van der Waals surface area contributed by atoms with Crippen LogP contribution in [0.15, 0.2) is 45.8 Å². The van der Waals surface area contributed by atoms with Crippen molar-refractivity contribution in [3.05, 3.63) is 52.0 Å². The minimum absolute atomic E-state index is 0.00306. The van der Waals surface area contributed by atoms with Crippen molar-refractivity contribution < 1.29 is 22.7 Å². The zero-order chi connectivity index (χ0) is 21.9. The third-order valence-electron chi connectivity index (χ3n) is 4.43. The fraction of sp³-hybridized carbons (Fsp3) is 0.300. The first-order chi connectivity index (χ1) is 14.2. The highest BCUT2D eigenvalue weighted by Crippen LogP contribution is 2.26. The quantitative estimate of drug-likeness (QED) is 0.520. The van der Waals surface area contributed by atoms with Gasteiger partial charge in [-0.2, -0.15) is 0 Å². The summed E-state index contributed by atoms with van der Waals surface area (Å²) in [6.07, 6.45) is 1.62. The molecular weight excluding hydrogens is 474 g/mol. The Kier molecular flexibility index (Phi) is 6.79. The lowest BCUT2D eigenvalue weighted by Crippen LogP contribution is -2.33. The summed E-state index contributed by atoms with van der Waals surface area (Å²) in [7, 11) is -2.20. The second-order valence-electron chi connectivity index (χ2n) is 6.97. The summed E-state index contributed by atoms with van der Waals surface area (Å²) in [5, 5.41) is 5.20. The van der Waals surface area contributed by atoms with Gasteiger partial charge in [0, 0.05) is 10.5 Å². The number of carbonyl (C=O) groups is 2. The van der Waals surface area contributed by atoms with Crippen molar-refractivity contribution in [2.45, 2.75) is 30.7 Å². The highest BCUT2D eigenvalue weighted by Gasteiger charge is 2.28. The zero-order valence-electron chi connectivity index (χ0n) is 16.5. The van der Waals surface area contributed by atoms with Gasteiger partial charge in [-0.05, 0) is 71.6 Å². The molecule has 2 amide bonds. The monoisotopic (exact) mass is 495 g/mol. The second-order valence-corrected chi connectivity index (χ2v) is 9.54. The molecule has 2 aromatic carbocycles. The Bertz CT molecular complexity index is 1080. The normalized spacial score (nSPS) is 13.6. The minimum Gasteiger partial charge on any atom is -0.495 e. The van der Waals surface area contributed by atoms with E-state index in [1.807, 2.05) is 13.0 Å². The second kappa shape index (κ2) is 9.15. The van der Waals surface area contributed by atoms with E-state index in [9.17, 15) is 18.0 Å². The van der Waals surface area contributed by atoms with Gasteiger partial charge in [0.25, 0.3) is 5.91 Å². The molecule has 2 aromatic rings. The molecular formula is C20H22BrN3O5S. The Balaban J connectivity index is 1.66. The van der Waals surface area contributed by atoms with Gasteiger partial charge in [-0.25, -0.2) is 13.1 Å². The molecule has 160 valence electrons. The summed E-state index contributed by atoms with van der Waals surface area (Å²) >= 11 is 3.26. The highest BCUT2D eigenvalue weighted by molar-refractivity contribution is 9.10. The first-order valence-electron chi connectivity index (χ1n) is 9.24. The lowest BCUT2D eigenvalue weighted by Gasteiger charge is -2.12. The summed E-state index contributed by atoms with van der Waals surface area (Å²) in [6, 6.07) is 9.51. The maximum Gasteiger partial charge on any atom is 0.252 e. The van der Waals surface area contributed by atoms with Crippen molar-refractivity contribution in [3.8, 4) is 5.75 Å². The molecule has 1 aliphatic carbocycles. The Morgan fingerprint density at radius 3 is 2.57 bits per heavy atom. The fourth-order valence-corrected chi connectivity index (χ4v) is 4.46. The predicted molar refractivity (Wildman–Crippen MR) is 116 cm³/mol. The number of anilines is 1. The van der Waals surface area contributed by atoms with Crippen molar-refractivity contribution in [2.75, 3.05) is 19.0 Å². The molecule has 30 heavy (non-hydrogen) atoms. The number of ether oxygens (including phenoxy) is 1. The molecule has 0 spiro atoms. The zero-order valence-corrected chi connectivity index (χ0v) is 18.9. The van der Waals surface area contributed by atoms with Crippen LogP contribution in [0.3, 0.4) is 0 Å². The van der Waals surface area contributed by atoms with Crippen molar-refractivity contribution in [1.82, 2.24) is 10.0 Å². The van der Waals surface area contributed by atoms with Crippen LogP contribution < -0.4 is 20.1 Å². The molecule has 0 radical (unpaired) electrons. The van der Waals surface area contributed by atoms with Crippen LogP contribution in [0.5, 0.6) is 5.75 Å². The van der Waals surface area contributed by atoms with Crippen LogP contribution in [0.1, 0.15) is 28.8 Å². The van der Waals surface area contributed by atoms with Crippen LogP contribution >= 0.6 is 15.9 Å². The van der Waals surface area contributed by atoms with Crippen LogP contribution in [-0.2, 0) is 14.8 Å². The Morgan fingerprint density at radius 1 is 1.17 bits per heavy atom. The van der Waals surface area contributed by atoms with Gasteiger partial charge in [0.05, 0.1) is 29.8 Å². The fourth-order valence-electron chi connectivity index (χ4n) is 2.70. The van der Waals surface area contributed by atoms with E-state index < -0.39 is 21.8 Å². The third-order valence-corrected chi connectivity index (χ3v) is 6.64. The van der Waals surface area contributed by atoms with E-state index in [-0.39, 0.29) is 23.0 Å². The van der Waals surface area contributed by atoms with Gasteiger partial charge >= 0.3 is 0 Å². The molecule has 10 heteroatoms. The van der Waals surface area contributed by atoms with Crippen LogP contribution in [0, 0.1) is 6.92 Å². The first-order valence-corrected chi connectivity index (χ1v) is 11.5. The van der Waals surface area contributed by atoms with Gasteiger partial charge in [-0.3, -0.25) is 9.59 Å². The third kappa shape index (κ3) is 5.59. The average Bonchev–Trinajstić information content (AvgIpc) is 3.50. The number of amides is 2. The molecule has 3 N–H and O–H groups in total. The van der Waals surface area contributed by atoms with Gasteiger partial charge in [0.1, 0.15) is 5.75 Å². The Hall–Kier alpha value is -2.43. The van der Waals surface area contributed by atoms with E-state index >= 15 is 0 Å². The standard InChI is InChI=1S/C20H22BrN3O5S/c1-12-3-8-18(29-2)17(9-12)23-19(25)11-22-20(26)15-10-14(6-7-16(15)21)30(27,28)24-13-4-5-13/h3,6-10,13,24H,4-5,11H2,1-2H3,(H,22,26)(H,23,25). The lowest BCUT2D eigenvalue weighted by molar-refractivity contribution is -0.115. The molecule has 8 nitrogen and oxygen atoms in total. The SMILES string of the molecule is COc1ccc(C)cc1NC(=O)CNC(=O)c1cc(S(=O)(=O)NC2CC2)ccc1Br. The Labute approximate surface area is 183 Å². The Morgan fingerprint density at radius 2 is 1.90 bits per heavy atom. The van der Waals surface area contributed by atoms with Crippen molar-refractivity contribution in [3.63, 3.8) is 0 Å². The number of methoxy groups -OCH3 is 1. The maximum absolute atomic E-state index is 12.6. The maximum atomic E-state index is 12.6. The number of aryl methyl sites for hydroxylation is 1. The number of benzene rings is 2. The number of rotatable bonds is 8. The number of hydrogen-bond acceptors (Lipinski definition) is 5.